The van der Waals surface area contributed by atoms with Gasteiger partial charge in [0.05, 0.1) is 6.04 Å². The van der Waals surface area contributed by atoms with Gasteiger partial charge in [-0.05, 0) is 50.7 Å². The van der Waals surface area contributed by atoms with Crippen molar-refractivity contribution in [1.82, 2.24) is 4.90 Å². The molecule has 0 aliphatic heterocycles. The summed E-state index contributed by atoms with van der Waals surface area (Å²) in [6.07, 6.45) is 0. The van der Waals surface area contributed by atoms with Crippen LogP contribution in [-0.2, 0) is 6.54 Å². The van der Waals surface area contributed by atoms with Gasteiger partial charge in [0.2, 0.25) is 0 Å². The standard InChI is InChI=1S/C16H21BrN2S/c1-11-7-8-15(20-11)16(12(2)18)19(3)10-13-5-4-6-14(17)9-13/h4-9,12,16H,10,18H2,1-3H3. The smallest absolute Gasteiger partial charge is 0.0591 e. The molecule has 0 saturated carbocycles. The minimum Gasteiger partial charge on any atom is -0.326 e. The van der Waals surface area contributed by atoms with Gasteiger partial charge in [0.15, 0.2) is 0 Å². The first-order valence-corrected chi connectivity index (χ1v) is 8.35. The third kappa shape index (κ3) is 3.92. The molecule has 2 atom stereocenters. The maximum atomic E-state index is 6.22. The molecule has 0 saturated heterocycles. The average Bonchev–Trinajstić information content (AvgIpc) is 2.75. The van der Waals surface area contributed by atoms with Gasteiger partial charge in [-0.25, -0.2) is 0 Å². The number of hydrogen-bond donors (Lipinski definition) is 1. The van der Waals surface area contributed by atoms with Crippen molar-refractivity contribution in [1.29, 1.82) is 0 Å². The van der Waals surface area contributed by atoms with Gasteiger partial charge in [-0.2, -0.15) is 0 Å². The lowest BCUT2D eigenvalue weighted by Gasteiger charge is -2.30. The normalized spacial score (nSPS) is 14.5. The van der Waals surface area contributed by atoms with Crippen LogP contribution in [0, 0.1) is 6.92 Å². The molecule has 0 spiro atoms. The molecular formula is C16H21BrN2S. The van der Waals surface area contributed by atoms with Crippen molar-refractivity contribution in [3.05, 3.63) is 56.2 Å². The molecule has 1 heterocycles. The van der Waals surface area contributed by atoms with E-state index in [1.165, 1.54) is 15.3 Å². The van der Waals surface area contributed by atoms with E-state index >= 15 is 0 Å². The Morgan fingerprint density at radius 1 is 1.30 bits per heavy atom. The van der Waals surface area contributed by atoms with Crippen molar-refractivity contribution in [3.63, 3.8) is 0 Å². The largest absolute Gasteiger partial charge is 0.326 e. The molecule has 0 fully saturated rings. The minimum atomic E-state index is 0.102. The van der Waals surface area contributed by atoms with Crippen molar-refractivity contribution in [2.75, 3.05) is 7.05 Å². The van der Waals surface area contributed by atoms with Crippen LogP contribution in [0.1, 0.15) is 28.3 Å². The van der Waals surface area contributed by atoms with Crippen molar-refractivity contribution in [3.8, 4) is 0 Å². The molecule has 2 nitrogen and oxygen atoms in total. The Balaban J connectivity index is 2.17. The van der Waals surface area contributed by atoms with Crippen LogP contribution in [0.15, 0.2) is 40.9 Å². The van der Waals surface area contributed by atoms with E-state index in [1.807, 2.05) is 11.3 Å². The second-order valence-electron chi connectivity index (χ2n) is 5.30. The second kappa shape index (κ2) is 6.85. The minimum absolute atomic E-state index is 0.102. The Kier molecular flexibility index (Phi) is 5.38. The Bertz CT molecular complexity index is 565. The number of halogens is 1. The predicted molar refractivity (Wildman–Crippen MR) is 91.1 cm³/mol. The number of hydrogen-bond acceptors (Lipinski definition) is 3. The average molecular weight is 353 g/mol. The number of likely N-dealkylation sites (N-methyl/N-ethyl adjacent to an activating group) is 1. The summed E-state index contributed by atoms with van der Waals surface area (Å²) in [5.41, 5.74) is 7.51. The highest BCUT2D eigenvalue weighted by molar-refractivity contribution is 9.10. The molecule has 1 aromatic heterocycles. The zero-order valence-electron chi connectivity index (χ0n) is 12.1. The Labute approximate surface area is 133 Å². The molecule has 0 aliphatic carbocycles. The highest BCUT2D eigenvalue weighted by Gasteiger charge is 2.22. The number of rotatable bonds is 5. The third-order valence-corrected chi connectivity index (χ3v) is 4.91. The van der Waals surface area contributed by atoms with Gasteiger partial charge in [-0.3, -0.25) is 4.90 Å². The van der Waals surface area contributed by atoms with E-state index < -0.39 is 0 Å². The van der Waals surface area contributed by atoms with Crippen LogP contribution >= 0.6 is 27.3 Å². The Hall–Kier alpha value is -0.680. The van der Waals surface area contributed by atoms with E-state index in [-0.39, 0.29) is 12.1 Å². The highest BCUT2D eigenvalue weighted by atomic mass is 79.9. The van der Waals surface area contributed by atoms with Gasteiger partial charge < -0.3 is 5.73 Å². The molecule has 4 heteroatoms. The van der Waals surface area contributed by atoms with Crippen LogP contribution < -0.4 is 5.73 Å². The summed E-state index contributed by atoms with van der Waals surface area (Å²) >= 11 is 5.36. The molecule has 108 valence electrons. The van der Waals surface area contributed by atoms with Gasteiger partial charge in [-0.15, -0.1) is 11.3 Å². The lowest BCUT2D eigenvalue weighted by molar-refractivity contribution is 0.214. The molecule has 0 bridgehead atoms. The fourth-order valence-electron chi connectivity index (χ4n) is 2.51. The molecule has 0 amide bonds. The van der Waals surface area contributed by atoms with E-state index in [9.17, 15) is 0 Å². The first kappa shape index (κ1) is 15.7. The summed E-state index contributed by atoms with van der Waals surface area (Å²) < 4.78 is 1.12. The quantitative estimate of drug-likeness (QED) is 0.866. The van der Waals surface area contributed by atoms with E-state index in [2.05, 4.69) is 78.1 Å². The van der Waals surface area contributed by atoms with Gasteiger partial charge in [-0.1, -0.05) is 28.1 Å². The zero-order valence-corrected chi connectivity index (χ0v) is 14.5. The SMILES string of the molecule is Cc1ccc(C(C(C)N)N(C)Cc2cccc(Br)c2)s1. The summed E-state index contributed by atoms with van der Waals surface area (Å²) in [6.45, 7) is 5.11. The maximum Gasteiger partial charge on any atom is 0.0591 e. The first-order chi connectivity index (χ1) is 9.47. The van der Waals surface area contributed by atoms with Gasteiger partial charge >= 0.3 is 0 Å². The second-order valence-corrected chi connectivity index (χ2v) is 7.53. The van der Waals surface area contributed by atoms with Crippen LogP contribution in [0.2, 0.25) is 0 Å². The van der Waals surface area contributed by atoms with Crippen molar-refractivity contribution in [2.45, 2.75) is 32.5 Å². The molecular weight excluding hydrogens is 332 g/mol. The topological polar surface area (TPSA) is 29.3 Å². The predicted octanol–water partition coefficient (Wildman–Crippen LogP) is 4.34. The van der Waals surface area contributed by atoms with Crippen LogP contribution in [-0.4, -0.2) is 18.0 Å². The Morgan fingerprint density at radius 2 is 2.05 bits per heavy atom. The number of aryl methyl sites for hydroxylation is 1. The molecule has 2 aromatic rings. The van der Waals surface area contributed by atoms with Gasteiger partial charge in [0.1, 0.15) is 0 Å². The lowest BCUT2D eigenvalue weighted by Crippen LogP contribution is -2.36. The lowest BCUT2D eigenvalue weighted by atomic mass is 10.1. The van der Waals surface area contributed by atoms with E-state index in [0.29, 0.717) is 0 Å². The third-order valence-electron chi connectivity index (χ3n) is 3.35. The van der Waals surface area contributed by atoms with Crippen molar-refractivity contribution < 1.29 is 0 Å². The highest BCUT2D eigenvalue weighted by Crippen LogP contribution is 2.30. The molecule has 1 aromatic carbocycles. The summed E-state index contributed by atoms with van der Waals surface area (Å²) in [4.78, 5) is 5.01. The summed E-state index contributed by atoms with van der Waals surface area (Å²) in [5.74, 6) is 0. The van der Waals surface area contributed by atoms with Crippen LogP contribution in [0.4, 0.5) is 0 Å². The number of benzene rings is 1. The van der Waals surface area contributed by atoms with Crippen LogP contribution in [0.25, 0.3) is 0 Å². The fourth-order valence-corrected chi connectivity index (χ4v) is 4.12. The zero-order chi connectivity index (χ0) is 14.7. The van der Waals surface area contributed by atoms with Crippen LogP contribution in [0.5, 0.6) is 0 Å². The number of thiophene rings is 1. The first-order valence-electron chi connectivity index (χ1n) is 6.74. The molecule has 0 radical (unpaired) electrons. The van der Waals surface area contributed by atoms with Crippen LogP contribution in [0.3, 0.4) is 0 Å². The summed E-state index contributed by atoms with van der Waals surface area (Å²) in [6, 6.07) is 13.2. The van der Waals surface area contributed by atoms with Gasteiger partial charge in [0.25, 0.3) is 0 Å². The molecule has 0 aliphatic rings. The summed E-state index contributed by atoms with van der Waals surface area (Å²) in [5, 5.41) is 0. The summed E-state index contributed by atoms with van der Waals surface area (Å²) in [7, 11) is 2.14. The Morgan fingerprint density at radius 3 is 2.60 bits per heavy atom. The van der Waals surface area contributed by atoms with E-state index in [1.54, 1.807) is 0 Å². The molecule has 2 unspecified atom stereocenters. The fraction of sp³-hybridized carbons (Fsp3) is 0.375. The monoisotopic (exact) mass is 352 g/mol. The maximum absolute atomic E-state index is 6.22. The molecule has 20 heavy (non-hydrogen) atoms. The van der Waals surface area contributed by atoms with Crippen molar-refractivity contribution in [2.24, 2.45) is 5.73 Å². The number of nitrogens with zero attached hydrogens (tertiary/aromatic N) is 1. The van der Waals surface area contributed by atoms with E-state index in [0.717, 1.165) is 11.0 Å². The molecule has 2 N–H and O–H groups in total. The van der Waals surface area contributed by atoms with Crippen molar-refractivity contribution >= 4 is 27.3 Å². The van der Waals surface area contributed by atoms with E-state index in [4.69, 9.17) is 5.73 Å². The molecule has 2 rings (SSSR count). The number of nitrogens with two attached hydrogens (primary N) is 1. The van der Waals surface area contributed by atoms with Gasteiger partial charge in [0, 0.05) is 26.8 Å².